The molecule has 0 aliphatic rings. The topological polar surface area (TPSA) is 81.1 Å². The molecule has 7 nitrogen and oxygen atoms in total. The van der Waals surface area contributed by atoms with Crippen molar-refractivity contribution in [3.8, 4) is 0 Å². The van der Waals surface area contributed by atoms with Crippen LogP contribution in [0.5, 0.6) is 0 Å². The van der Waals surface area contributed by atoms with Crippen molar-refractivity contribution >= 4 is 11.6 Å². The van der Waals surface area contributed by atoms with Crippen LogP contribution in [0.4, 0.5) is 5.95 Å². The van der Waals surface area contributed by atoms with Crippen LogP contribution in [-0.2, 0) is 6.42 Å². The summed E-state index contributed by atoms with van der Waals surface area (Å²) in [5.41, 5.74) is 1.95. The Morgan fingerprint density at radius 2 is 2.39 bits per heavy atom. The fourth-order valence-electron chi connectivity index (χ4n) is 1.70. The number of nitrogens with one attached hydrogen (secondary N) is 1. The van der Waals surface area contributed by atoms with Gasteiger partial charge in [-0.1, -0.05) is 11.2 Å². The van der Waals surface area contributed by atoms with E-state index in [1.54, 1.807) is 4.52 Å². The van der Waals surface area contributed by atoms with Gasteiger partial charge in [0, 0.05) is 19.2 Å². The van der Waals surface area contributed by atoms with Gasteiger partial charge in [-0.25, -0.2) is 4.52 Å². The number of aromatic nitrogens is 5. The van der Waals surface area contributed by atoms with Crippen molar-refractivity contribution in [2.75, 3.05) is 11.9 Å². The van der Waals surface area contributed by atoms with Crippen LogP contribution >= 0.6 is 0 Å². The van der Waals surface area contributed by atoms with Crippen molar-refractivity contribution < 1.29 is 4.52 Å². The molecule has 3 heterocycles. The largest absolute Gasteiger partial charge is 0.352 e. The second-order valence-corrected chi connectivity index (χ2v) is 3.91. The van der Waals surface area contributed by atoms with Gasteiger partial charge in [0.1, 0.15) is 0 Å². The minimum atomic E-state index is 0.599. The van der Waals surface area contributed by atoms with Crippen molar-refractivity contribution in [1.29, 1.82) is 0 Å². The molecule has 0 unspecified atom stereocenters. The van der Waals surface area contributed by atoms with Crippen LogP contribution in [0.1, 0.15) is 11.5 Å². The second-order valence-electron chi connectivity index (χ2n) is 3.91. The predicted molar refractivity (Wildman–Crippen MR) is 64.2 cm³/mol. The molecule has 3 aromatic heterocycles. The van der Waals surface area contributed by atoms with Crippen LogP contribution in [0.25, 0.3) is 5.65 Å². The first-order valence-corrected chi connectivity index (χ1v) is 5.64. The second kappa shape index (κ2) is 4.44. The summed E-state index contributed by atoms with van der Waals surface area (Å²) in [4.78, 5) is 8.35. The van der Waals surface area contributed by atoms with Crippen LogP contribution in [0, 0.1) is 6.92 Å². The van der Waals surface area contributed by atoms with E-state index < -0.39 is 0 Å². The highest BCUT2D eigenvalue weighted by molar-refractivity contribution is 5.49. The molecule has 0 bridgehead atoms. The average molecular weight is 244 g/mol. The fraction of sp³-hybridized carbons (Fsp3) is 0.273. The molecule has 7 heteroatoms. The summed E-state index contributed by atoms with van der Waals surface area (Å²) in [6.07, 6.45) is 3.91. The Hall–Kier alpha value is -2.44. The van der Waals surface area contributed by atoms with E-state index in [1.165, 1.54) is 6.33 Å². The van der Waals surface area contributed by atoms with Gasteiger partial charge >= 0.3 is 0 Å². The molecule has 0 saturated carbocycles. The summed E-state index contributed by atoms with van der Waals surface area (Å²) in [6.45, 7) is 2.66. The lowest BCUT2D eigenvalue weighted by atomic mass is 10.3. The molecule has 3 aromatic rings. The highest BCUT2D eigenvalue weighted by Crippen LogP contribution is 2.09. The van der Waals surface area contributed by atoms with E-state index in [4.69, 9.17) is 4.52 Å². The number of pyridine rings is 1. The fourth-order valence-corrected chi connectivity index (χ4v) is 1.70. The van der Waals surface area contributed by atoms with Crippen molar-refractivity contribution in [3.05, 3.63) is 36.1 Å². The van der Waals surface area contributed by atoms with Crippen molar-refractivity contribution in [2.24, 2.45) is 0 Å². The summed E-state index contributed by atoms with van der Waals surface area (Å²) >= 11 is 0. The van der Waals surface area contributed by atoms with Gasteiger partial charge in [-0.05, 0) is 18.6 Å². The van der Waals surface area contributed by atoms with E-state index >= 15 is 0 Å². The zero-order valence-corrected chi connectivity index (χ0v) is 9.87. The van der Waals surface area contributed by atoms with Crippen LogP contribution in [0.2, 0.25) is 0 Å². The standard InChI is InChI=1S/C11H12N6O/c1-8-3-2-6-17-10(8)15-11(16-17)12-5-4-9-13-7-14-18-9/h2-3,6-7H,4-5H2,1H3,(H,12,16). The molecule has 0 amide bonds. The molecule has 0 atom stereocenters. The summed E-state index contributed by atoms with van der Waals surface area (Å²) in [7, 11) is 0. The molecule has 0 aliphatic carbocycles. The van der Waals surface area contributed by atoms with E-state index in [-0.39, 0.29) is 0 Å². The zero-order chi connectivity index (χ0) is 12.4. The van der Waals surface area contributed by atoms with Gasteiger partial charge in [0.05, 0.1) is 0 Å². The lowest BCUT2D eigenvalue weighted by Crippen LogP contribution is -2.06. The monoisotopic (exact) mass is 244 g/mol. The van der Waals surface area contributed by atoms with Crippen LogP contribution in [0.15, 0.2) is 29.2 Å². The number of anilines is 1. The van der Waals surface area contributed by atoms with E-state index in [2.05, 4.69) is 25.5 Å². The third kappa shape index (κ3) is 2.02. The first kappa shape index (κ1) is 10.7. The molecular formula is C11H12N6O. The minimum absolute atomic E-state index is 0.599. The molecule has 0 fully saturated rings. The first-order valence-electron chi connectivity index (χ1n) is 5.64. The van der Waals surface area contributed by atoms with Crippen LogP contribution in [0.3, 0.4) is 0 Å². The third-order valence-electron chi connectivity index (χ3n) is 2.59. The molecule has 0 spiro atoms. The smallest absolute Gasteiger partial charge is 0.243 e. The average Bonchev–Trinajstić information content (AvgIpc) is 2.98. The van der Waals surface area contributed by atoms with Crippen LogP contribution < -0.4 is 5.32 Å². The number of hydrogen-bond acceptors (Lipinski definition) is 6. The van der Waals surface area contributed by atoms with Gasteiger partial charge in [0.2, 0.25) is 11.8 Å². The highest BCUT2D eigenvalue weighted by Gasteiger charge is 2.05. The van der Waals surface area contributed by atoms with Crippen molar-refractivity contribution in [3.63, 3.8) is 0 Å². The van der Waals surface area contributed by atoms with Crippen molar-refractivity contribution in [1.82, 2.24) is 24.7 Å². The molecule has 0 aliphatic heterocycles. The lowest BCUT2D eigenvalue weighted by molar-refractivity contribution is 0.379. The number of fused-ring (bicyclic) bond motifs is 1. The number of rotatable bonds is 4. The SMILES string of the molecule is Cc1cccn2nc(NCCc3ncno3)nc12. The summed E-state index contributed by atoms with van der Waals surface area (Å²) < 4.78 is 6.66. The number of nitrogens with zero attached hydrogens (tertiary/aromatic N) is 5. The van der Waals surface area contributed by atoms with Crippen LogP contribution in [-0.4, -0.2) is 31.3 Å². The molecule has 92 valence electrons. The Labute approximate surface area is 103 Å². The van der Waals surface area contributed by atoms with Gasteiger partial charge in [0.15, 0.2) is 12.0 Å². The maximum atomic E-state index is 4.90. The summed E-state index contributed by atoms with van der Waals surface area (Å²) in [5, 5.41) is 11.0. The van der Waals surface area contributed by atoms with Gasteiger partial charge in [-0.15, -0.1) is 5.10 Å². The van der Waals surface area contributed by atoms with E-state index in [0.29, 0.717) is 24.8 Å². The third-order valence-corrected chi connectivity index (χ3v) is 2.59. The number of aryl methyl sites for hydroxylation is 1. The quantitative estimate of drug-likeness (QED) is 0.739. The summed E-state index contributed by atoms with van der Waals surface area (Å²) in [5.74, 6) is 1.20. The van der Waals surface area contributed by atoms with Gasteiger partial charge in [0.25, 0.3) is 0 Å². The Bertz CT molecular complexity index is 645. The maximum Gasteiger partial charge on any atom is 0.243 e. The highest BCUT2D eigenvalue weighted by atomic mass is 16.5. The number of hydrogen-bond donors (Lipinski definition) is 1. The Balaban J connectivity index is 1.69. The van der Waals surface area contributed by atoms with E-state index in [9.17, 15) is 0 Å². The van der Waals surface area contributed by atoms with E-state index in [0.717, 1.165) is 11.2 Å². The minimum Gasteiger partial charge on any atom is -0.352 e. The molecule has 0 aromatic carbocycles. The first-order chi connectivity index (χ1) is 8.83. The lowest BCUT2D eigenvalue weighted by Gasteiger charge is -1.96. The van der Waals surface area contributed by atoms with E-state index in [1.807, 2.05) is 25.3 Å². The van der Waals surface area contributed by atoms with Gasteiger partial charge in [-0.3, -0.25) is 0 Å². The maximum absolute atomic E-state index is 4.90. The Kier molecular flexibility index (Phi) is 2.64. The van der Waals surface area contributed by atoms with Crippen molar-refractivity contribution in [2.45, 2.75) is 13.3 Å². The van der Waals surface area contributed by atoms with Gasteiger partial charge in [-0.2, -0.15) is 9.97 Å². The molecular weight excluding hydrogens is 232 g/mol. The molecule has 0 radical (unpaired) electrons. The Morgan fingerprint density at radius 1 is 1.44 bits per heavy atom. The molecule has 1 N–H and O–H groups in total. The normalized spacial score (nSPS) is 10.9. The zero-order valence-electron chi connectivity index (χ0n) is 9.87. The molecule has 3 rings (SSSR count). The van der Waals surface area contributed by atoms with Gasteiger partial charge < -0.3 is 9.84 Å². The molecule has 18 heavy (non-hydrogen) atoms. The Morgan fingerprint density at radius 3 is 3.17 bits per heavy atom. The predicted octanol–water partition coefficient (Wildman–Crippen LogP) is 1.08. The summed E-state index contributed by atoms with van der Waals surface area (Å²) in [6, 6.07) is 3.95. The molecule has 0 saturated heterocycles.